The van der Waals surface area contributed by atoms with Crippen molar-refractivity contribution in [2.45, 2.75) is 6.54 Å². The molecule has 140 valence electrons. The maximum absolute atomic E-state index is 13.0. The molecule has 6 nitrogen and oxygen atoms in total. The highest BCUT2D eigenvalue weighted by Crippen LogP contribution is 2.38. The second-order valence-corrected chi connectivity index (χ2v) is 5.58. The van der Waals surface area contributed by atoms with E-state index in [1.807, 2.05) is 0 Å². The van der Waals surface area contributed by atoms with Crippen LogP contribution in [0.25, 0.3) is 0 Å². The van der Waals surface area contributed by atoms with Crippen molar-refractivity contribution in [2.75, 3.05) is 27.9 Å². The van der Waals surface area contributed by atoms with Gasteiger partial charge in [0.2, 0.25) is 5.75 Å². The van der Waals surface area contributed by atoms with Crippen molar-refractivity contribution in [3.05, 3.63) is 46.7 Å². The van der Waals surface area contributed by atoms with Crippen LogP contribution in [-0.4, -0.2) is 33.8 Å². The third-order valence-electron chi connectivity index (χ3n) is 3.47. The predicted molar refractivity (Wildman–Crippen MR) is 94.8 cm³/mol. The number of halogens is 2. The Morgan fingerprint density at radius 3 is 2.23 bits per heavy atom. The van der Waals surface area contributed by atoms with Gasteiger partial charge < -0.3 is 24.3 Å². The number of hydrogen-bond donors (Lipinski definition) is 1. The summed E-state index contributed by atoms with van der Waals surface area (Å²) in [4.78, 5) is 12.0. The van der Waals surface area contributed by atoms with Crippen LogP contribution < -0.4 is 24.3 Å². The molecular formula is C18H19ClFNO5. The van der Waals surface area contributed by atoms with Crippen molar-refractivity contribution in [1.82, 2.24) is 5.32 Å². The number of carbonyl (C=O) groups excluding carboxylic acids is 1. The summed E-state index contributed by atoms with van der Waals surface area (Å²) in [5, 5.41) is 2.81. The highest BCUT2D eigenvalue weighted by Gasteiger charge is 2.14. The van der Waals surface area contributed by atoms with Gasteiger partial charge in [-0.1, -0.05) is 11.6 Å². The van der Waals surface area contributed by atoms with E-state index in [1.165, 1.54) is 33.5 Å². The van der Waals surface area contributed by atoms with Crippen LogP contribution in [-0.2, 0) is 11.3 Å². The fraction of sp³-hybridized carbons (Fsp3) is 0.278. The number of carbonyl (C=O) groups is 1. The van der Waals surface area contributed by atoms with E-state index in [9.17, 15) is 9.18 Å². The molecule has 0 heterocycles. The monoisotopic (exact) mass is 383 g/mol. The zero-order chi connectivity index (χ0) is 19.1. The summed E-state index contributed by atoms with van der Waals surface area (Å²) < 4.78 is 34.1. The van der Waals surface area contributed by atoms with Crippen molar-refractivity contribution in [2.24, 2.45) is 0 Å². The Morgan fingerprint density at radius 1 is 1.04 bits per heavy atom. The lowest BCUT2D eigenvalue weighted by molar-refractivity contribution is -0.123. The lowest BCUT2D eigenvalue weighted by Crippen LogP contribution is -2.28. The molecule has 0 bridgehead atoms. The summed E-state index contributed by atoms with van der Waals surface area (Å²) >= 11 is 5.84. The van der Waals surface area contributed by atoms with Crippen LogP contribution >= 0.6 is 11.6 Å². The van der Waals surface area contributed by atoms with Gasteiger partial charge in [0.15, 0.2) is 18.1 Å². The van der Waals surface area contributed by atoms with E-state index >= 15 is 0 Å². The first-order valence-electron chi connectivity index (χ1n) is 7.62. The van der Waals surface area contributed by atoms with Gasteiger partial charge in [-0.2, -0.15) is 0 Å². The molecule has 0 aliphatic carbocycles. The van der Waals surface area contributed by atoms with Gasteiger partial charge in [0.05, 0.1) is 26.4 Å². The Labute approximate surface area is 155 Å². The fourth-order valence-electron chi connectivity index (χ4n) is 2.22. The van der Waals surface area contributed by atoms with Crippen molar-refractivity contribution in [3.8, 4) is 23.0 Å². The zero-order valence-electron chi connectivity index (χ0n) is 14.6. The second kappa shape index (κ2) is 9.15. The third kappa shape index (κ3) is 4.92. The molecule has 0 aromatic heterocycles. The molecule has 26 heavy (non-hydrogen) atoms. The molecule has 0 aliphatic rings. The molecule has 0 aliphatic heterocycles. The van der Waals surface area contributed by atoms with Crippen LogP contribution in [0.15, 0.2) is 30.3 Å². The number of hydrogen-bond acceptors (Lipinski definition) is 5. The first-order chi connectivity index (χ1) is 12.5. The average Bonchev–Trinajstić information content (AvgIpc) is 2.64. The first-order valence-corrected chi connectivity index (χ1v) is 7.99. The van der Waals surface area contributed by atoms with Crippen LogP contribution in [0.3, 0.4) is 0 Å². The highest BCUT2D eigenvalue weighted by molar-refractivity contribution is 6.32. The summed E-state index contributed by atoms with van der Waals surface area (Å²) in [6, 6.07) is 7.16. The number of rotatable bonds is 8. The molecule has 2 aromatic carbocycles. The van der Waals surface area contributed by atoms with Gasteiger partial charge in [0.1, 0.15) is 11.6 Å². The Kier molecular flexibility index (Phi) is 6.91. The minimum atomic E-state index is -0.478. The lowest BCUT2D eigenvalue weighted by atomic mass is 10.1. The van der Waals surface area contributed by atoms with Gasteiger partial charge in [0, 0.05) is 6.54 Å². The summed E-state index contributed by atoms with van der Waals surface area (Å²) in [6.07, 6.45) is 0. The fourth-order valence-corrected chi connectivity index (χ4v) is 2.45. The van der Waals surface area contributed by atoms with E-state index in [-0.39, 0.29) is 29.8 Å². The predicted octanol–water partition coefficient (Wildman–Crippen LogP) is 3.20. The van der Waals surface area contributed by atoms with Crippen LogP contribution in [0.1, 0.15) is 5.56 Å². The second-order valence-electron chi connectivity index (χ2n) is 5.17. The number of amides is 1. The van der Waals surface area contributed by atoms with E-state index in [0.29, 0.717) is 17.2 Å². The van der Waals surface area contributed by atoms with Crippen molar-refractivity contribution >= 4 is 17.5 Å². The van der Waals surface area contributed by atoms with E-state index in [1.54, 1.807) is 12.1 Å². The molecule has 0 unspecified atom stereocenters. The highest BCUT2D eigenvalue weighted by atomic mass is 35.5. The van der Waals surface area contributed by atoms with Gasteiger partial charge in [0.25, 0.3) is 5.91 Å². The molecule has 0 atom stereocenters. The normalized spacial score (nSPS) is 10.2. The molecule has 2 rings (SSSR count). The SMILES string of the molecule is COc1cc(CNC(=O)COc2ccc(F)cc2Cl)cc(OC)c1OC. The summed E-state index contributed by atoms with van der Waals surface area (Å²) in [5.74, 6) is 0.847. The minimum absolute atomic E-state index is 0.0995. The van der Waals surface area contributed by atoms with Crippen LogP contribution in [0.4, 0.5) is 4.39 Å². The van der Waals surface area contributed by atoms with Crippen molar-refractivity contribution < 1.29 is 28.1 Å². The molecule has 0 spiro atoms. The first kappa shape index (κ1) is 19.7. The van der Waals surface area contributed by atoms with E-state index < -0.39 is 5.82 Å². The lowest BCUT2D eigenvalue weighted by Gasteiger charge is -2.14. The smallest absolute Gasteiger partial charge is 0.258 e. The topological polar surface area (TPSA) is 66.0 Å². The van der Waals surface area contributed by atoms with Crippen LogP contribution in [0, 0.1) is 5.82 Å². The van der Waals surface area contributed by atoms with E-state index in [0.717, 1.165) is 11.6 Å². The molecule has 1 amide bonds. The van der Waals surface area contributed by atoms with Gasteiger partial charge in [-0.05, 0) is 35.9 Å². The third-order valence-corrected chi connectivity index (χ3v) is 3.76. The Morgan fingerprint density at radius 2 is 1.69 bits per heavy atom. The zero-order valence-corrected chi connectivity index (χ0v) is 15.4. The maximum atomic E-state index is 13.0. The summed E-state index contributed by atoms with van der Waals surface area (Å²) in [7, 11) is 4.54. The van der Waals surface area contributed by atoms with Crippen molar-refractivity contribution in [3.63, 3.8) is 0 Å². The summed E-state index contributed by atoms with van der Waals surface area (Å²) in [6.45, 7) is -0.0220. The Bertz CT molecular complexity index is 759. The Balaban J connectivity index is 1.96. The molecule has 0 saturated heterocycles. The van der Waals surface area contributed by atoms with Crippen LogP contribution in [0.2, 0.25) is 5.02 Å². The largest absolute Gasteiger partial charge is 0.493 e. The average molecular weight is 384 g/mol. The quantitative estimate of drug-likeness (QED) is 0.758. The molecule has 2 aromatic rings. The summed E-state index contributed by atoms with van der Waals surface area (Å²) in [5.41, 5.74) is 0.757. The van der Waals surface area contributed by atoms with E-state index in [2.05, 4.69) is 5.32 Å². The number of methoxy groups -OCH3 is 3. The molecular weight excluding hydrogens is 365 g/mol. The van der Waals surface area contributed by atoms with Gasteiger partial charge in [-0.3, -0.25) is 4.79 Å². The molecule has 8 heteroatoms. The van der Waals surface area contributed by atoms with E-state index in [4.69, 9.17) is 30.5 Å². The van der Waals surface area contributed by atoms with Gasteiger partial charge in [-0.25, -0.2) is 4.39 Å². The molecule has 0 saturated carbocycles. The van der Waals surface area contributed by atoms with Gasteiger partial charge >= 0.3 is 0 Å². The Hall–Kier alpha value is -2.67. The number of nitrogens with one attached hydrogen (secondary N) is 1. The molecule has 1 N–H and O–H groups in total. The van der Waals surface area contributed by atoms with Gasteiger partial charge in [-0.15, -0.1) is 0 Å². The number of benzene rings is 2. The standard InChI is InChI=1S/C18H19ClFNO5/c1-23-15-6-11(7-16(24-2)18(15)25-3)9-21-17(22)10-26-14-5-4-12(20)8-13(14)19/h4-8H,9-10H2,1-3H3,(H,21,22). The van der Waals surface area contributed by atoms with Crippen LogP contribution in [0.5, 0.6) is 23.0 Å². The van der Waals surface area contributed by atoms with Crippen molar-refractivity contribution in [1.29, 1.82) is 0 Å². The minimum Gasteiger partial charge on any atom is -0.493 e. The molecule has 0 fully saturated rings. The molecule has 0 radical (unpaired) electrons. The maximum Gasteiger partial charge on any atom is 0.258 e. The number of ether oxygens (including phenoxy) is 4.